The predicted octanol–water partition coefficient (Wildman–Crippen LogP) is 1.57. The Balaban J connectivity index is 0.00000702. The summed E-state index contributed by atoms with van der Waals surface area (Å²) in [6.45, 7) is 8.54. The number of sulfone groups is 1. The molecule has 0 bridgehead atoms. The van der Waals surface area contributed by atoms with E-state index in [1.807, 2.05) is 53.3 Å². The van der Waals surface area contributed by atoms with Crippen LogP contribution in [0.25, 0.3) is 17.1 Å². The molecular weight excluding hydrogens is 745 g/mol. The number of anilines is 2. The molecule has 12 nitrogen and oxygen atoms in total. The smallest absolute Gasteiger partial charge is 0.748 e. The van der Waals surface area contributed by atoms with Crippen LogP contribution in [0.4, 0.5) is 24.5 Å². The van der Waals surface area contributed by atoms with Crippen LogP contribution in [0.5, 0.6) is 0 Å². The van der Waals surface area contributed by atoms with Crippen molar-refractivity contribution in [2.24, 2.45) is 0 Å². The van der Waals surface area contributed by atoms with E-state index in [-0.39, 0.29) is 61.2 Å². The van der Waals surface area contributed by atoms with E-state index in [1.165, 1.54) is 11.0 Å². The van der Waals surface area contributed by atoms with E-state index in [0.717, 1.165) is 34.6 Å². The van der Waals surface area contributed by atoms with Gasteiger partial charge >= 0.3 is 35.1 Å². The minimum atomic E-state index is -5.68. The number of aromatic nitrogens is 2. The van der Waals surface area contributed by atoms with E-state index in [1.54, 1.807) is 30.9 Å². The van der Waals surface area contributed by atoms with E-state index in [0.29, 0.717) is 30.2 Å². The fourth-order valence-electron chi connectivity index (χ4n) is 5.87. The third-order valence-electron chi connectivity index (χ3n) is 8.14. The molecule has 1 aliphatic heterocycles. The Morgan fingerprint density at radius 2 is 1.51 bits per heavy atom. The van der Waals surface area contributed by atoms with Gasteiger partial charge < -0.3 is 18.9 Å². The number of allylic oxidation sites excluding steroid dienone is 4. The number of halogens is 3. The van der Waals surface area contributed by atoms with Crippen molar-refractivity contribution in [2.75, 3.05) is 34.4 Å². The van der Waals surface area contributed by atoms with Crippen LogP contribution in [0.3, 0.4) is 0 Å². The molecule has 4 rings (SSSR count). The summed E-state index contributed by atoms with van der Waals surface area (Å²) < 4.78 is 137. The number of hydrogen-bond acceptors (Lipinski definition) is 10. The minimum Gasteiger partial charge on any atom is -0.748 e. The summed E-state index contributed by atoms with van der Waals surface area (Å²) in [5.74, 6) is -0.0780. The standard InChI is InChI=1S/C32H39F3N4O8S3.Na/c1-5-36-26-13-9-24(4)21-28(26)38(17-7-19-48(40,41)42)30(36)15-10-23(3)11-16-31-37(6-2)27-14-12-25(50(46,47)32(33,34)35)22-29(27)39(31)18-8-20-49(43,44)45;/h9-16,21-22H,5-8,17-20H2,1-4H3,(H-,40,41,42,43,44,45);/q;+1/p-1. The van der Waals surface area contributed by atoms with E-state index >= 15 is 0 Å². The van der Waals surface area contributed by atoms with Gasteiger partial charge in [0.1, 0.15) is 5.82 Å². The molecule has 0 aliphatic carbocycles. The zero-order chi connectivity index (χ0) is 37.2. The quantitative estimate of drug-likeness (QED) is 0.102. The molecule has 0 unspecified atom stereocenters. The van der Waals surface area contributed by atoms with Crippen molar-refractivity contribution in [3.05, 3.63) is 77.4 Å². The van der Waals surface area contributed by atoms with Gasteiger partial charge in [0.2, 0.25) is 0 Å². The molecule has 1 aromatic heterocycles. The monoisotopic (exact) mass is 782 g/mol. The first-order valence-corrected chi connectivity index (χ1v) is 20.3. The summed E-state index contributed by atoms with van der Waals surface area (Å²) >= 11 is 0. The number of benzene rings is 2. The molecule has 0 radical (unpaired) electrons. The SMILES string of the molecule is CCN1\C(=C/C=C(C)\C=C\c2n(CCCS(=O)(=O)[O-])c3cc(C)ccc3[n+]2CC)N(CCCS(=O)(=O)[O-])c2cc(S(=O)(=O)C(F)(F)F)ccc21.[Na+]. The molecule has 0 spiro atoms. The van der Waals surface area contributed by atoms with Gasteiger partial charge in [0.15, 0.2) is 11.0 Å². The van der Waals surface area contributed by atoms with E-state index < -0.39 is 52.0 Å². The Kier molecular flexibility index (Phi) is 13.8. The van der Waals surface area contributed by atoms with Crippen LogP contribution in [0.1, 0.15) is 45.0 Å². The molecule has 0 fully saturated rings. The van der Waals surface area contributed by atoms with Crippen LogP contribution in [-0.2, 0) is 43.2 Å². The van der Waals surface area contributed by atoms with Gasteiger partial charge in [-0.2, -0.15) is 13.2 Å². The number of aryl methyl sites for hydroxylation is 3. The molecule has 0 saturated carbocycles. The van der Waals surface area contributed by atoms with Crippen molar-refractivity contribution >= 4 is 58.6 Å². The molecule has 274 valence electrons. The van der Waals surface area contributed by atoms with E-state index in [4.69, 9.17) is 0 Å². The fraction of sp³-hybridized carbons (Fsp3) is 0.406. The average molecular weight is 783 g/mol. The van der Waals surface area contributed by atoms with Crippen molar-refractivity contribution in [1.82, 2.24) is 4.57 Å². The van der Waals surface area contributed by atoms with Crippen molar-refractivity contribution < 1.29 is 81.7 Å². The van der Waals surface area contributed by atoms with Gasteiger partial charge in [0.05, 0.1) is 49.6 Å². The van der Waals surface area contributed by atoms with Crippen molar-refractivity contribution in [2.45, 2.75) is 64.0 Å². The normalized spacial score (nSPS) is 15.3. The number of rotatable bonds is 14. The van der Waals surface area contributed by atoms with Gasteiger partial charge in [-0.3, -0.25) is 0 Å². The Morgan fingerprint density at radius 1 is 0.882 bits per heavy atom. The molecule has 0 atom stereocenters. The Bertz CT molecular complexity index is 2200. The van der Waals surface area contributed by atoms with Gasteiger partial charge in [-0.05, 0) is 82.5 Å². The summed E-state index contributed by atoms with van der Waals surface area (Å²) in [7, 11) is -14.7. The van der Waals surface area contributed by atoms with Crippen LogP contribution in [0.2, 0.25) is 0 Å². The first-order chi connectivity index (χ1) is 23.2. The van der Waals surface area contributed by atoms with Crippen LogP contribution in [-0.4, -0.2) is 69.0 Å². The maximum Gasteiger partial charge on any atom is 1.00 e. The minimum absolute atomic E-state index is 0. The second kappa shape index (κ2) is 16.5. The largest absolute Gasteiger partial charge is 1.00 e. The number of fused-ring (bicyclic) bond motifs is 2. The molecule has 51 heavy (non-hydrogen) atoms. The maximum absolute atomic E-state index is 13.4. The Labute approximate surface area is 318 Å². The zero-order valence-electron chi connectivity index (χ0n) is 28.8. The number of alkyl halides is 3. The van der Waals surface area contributed by atoms with E-state index in [2.05, 4.69) is 0 Å². The summed E-state index contributed by atoms with van der Waals surface area (Å²) in [5.41, 5.74) is -1.55. The summed E-state index contributed by atoms with van der Waals surface area (Å²) in [6, 6.07) is 8.93. The molecule has 1 aliphatic rings. The number of hydrogen-bond donors (Lipinski definition) is 0. The van der Waals surface area contributed by atoms with Gasteiger partial charge in [0, 0.05) is 30.7 Å². The molecule has 3 aromatic rings. The Morgan fingerprint density at radius 3 is 2.08 bits per heavy atom. The number of imidazole rings is 1. The second-order valence-corrected chi connectivity index (χ2v) is 16.7. The molecule has 2 heterocycles. The van der Waals surface area contributed by atoms with Crippen molar-refractivity contribution in [3.8, 4) is 0 Å². The van der Waals surface area contributed by atoms with Crippen LogP contribution < -0.4 is 43.9 Å². The topological polar surface area (TPSA) is 164 Å². The average Bonchev–Trinajstić information content (AvgIpc) is 3.47. The molecule has 2 aromatic carbocycles. The van der Waals surface area contributed by atoms with Gasteiger partial charge in [0.25, 0.3) is 15.7 Å². The summed E-state index contributed by atoms with van der Waals surface area (Å²) in [6.07, 6.45) is 6.99. The third-order valence-corrected chi connectivity index (χ3v) is 11.2. The second-order valence-electron chi connectivity index (χ2n) is 11.7. The summed E-state index contributed by atoms with van der Waals surface area (Å²) in [5, 5.41) is 0. The van der Waals surface area contributed by atoms with Gasteiger partial charge in [-0.15, -0.1) is 0 Å². The zero-order valence-corrected chi connectivity index (χ0v) is 33.3. The molecule has 0 amide bonds. The predicted molar refractivity (Wildman–Crippen MR) is 182 cm³/mol. The third kappa shape index (κ3) is 10.0. The first kappa shape index (κ1) is 42.7. The fourth-order valence-corrected chi connectivity index (χ4v) is 7.62. The van der Waals surface area contributed by atoms with Crippen LogP contribution in [0, 0.1) is 6.92 Å². The van der Waals surface area contributed by atoms with E-state index in [9.17, 15) is 47.5 Å². The van der Waals surface area contributed by atoms with Crippen LogP contribution in [0.15, 0.2) is 70.9 Å². The summed E-state index contributed by atoms with van der Waals surface area (Å²) in [4.78, 5) is 2.25. The number of nitrogens with zero attached hydrogens (tertiary/aromatic N) is 4. The maximum atomic E-state index is 13.4. The van der Waals surface area contributed by atoms with Gasteiger partial charge in [-0.25, -0.2) is 34.4 Å². The molecule has 0 saturated heterocycles. The first-order valence-electron chi connectivity index (χ1n) is 15.7. The Hall–Kier alpha value is -2.71. The molecule has 19 heteroatoms. The molecule has 0 N–H and O–H groups in total. The molecular formula is C32H38F3N4NaO8S3. The van der Waals surface area contributed by atoms with Gasteiger partial charge in [-0.1, -0.05) is 23.8 Å². The van der Waals surface area contributed by atoms with Crippen LogP contribution >= 0.6 is 0 Å². The van der Waals surface area contributed by atoms with Crippen molar-refractivity contribution in [1.29, 1.82) is 0 Å². The van der Waals surface area contributed by atoms with Crippen molar-refractivity contribution in [3.63, 3.8) is 0 Å².